The third kappa shape index (κ3) is 2.58. The van der Waals surface area contributed by atoms with E-state index >= 15 is 0 Å². The Balaban J connectivity index is 2.57. The summed E-state index contributed by atoms with van der Waals surface area (Å²) in [4.78, 5) is 10.4. The lowest BCUT2D eigenvalue weighted by atomic mass is 9.92. The lowest BCUT2D eigenvalue weighted by molar-refractivity contribution is -0.168. The minimum absolute atomic E-state index is 0.112. The number of hydrogen-bond acceptors (Lipinski definition) is 2. The van der Waals surface area contributed by atoms with E-state index in [9.17, 15) is 18.0 Å². The van der Waals surface area contributed by atoms with Crippen LogP contribution in [0.5, 0.6) is 0 Å². The second-order valence-corrected chi connectivity index (χ2v) is 3.11. The molecule has 1 aliphatic heterocycles. The van der Waals surface area contributed by atoms with Gasteiger partial charge in [0.15, 0.2) is 0 Å². The summed E-state index contributed by atoms with van der Waals surface area (Å²) in [5.41, 5.74) is 0. The van der Waals surface area contributed by atoms with Crippen LogP contribution in [0, 0.1) is 5.92 Å². The van der Waals surface area contributed by atoms with Crippen LogP contribution in [0.4, 0.5) is 13.2 Å². The van der Waals surface area contributed by atoms with Crippen LogP contribution in [0.15, 0.2) is 0 Å². The first-order valence-electron chi connectivity index (χ1n) is 3.94. The lowest BCUT2D eigenvalue weighted by Gasteiger charge is -2.29. The number of rotatable bonds is 1. The van der Waals surface area contributed by atoms with Crippen LogP contribution in [0.3, 0.4) is 0 Å². The van der Waals surface area contributed by atoms with E-state index in [0.29, 0.717) is 0 Å². The van der Waals surface area contributed by atoms with Crippen molar-refractivity contribution in [1.29, 1.82) is 0 Å². The van der Waals surface area contributed by atoms with Gasteiger partial charge < -0.3 is 10.4 Å². The molecule has 0 aromatic rings. The van der Waals surface area contributed by atoms with E-state index in [0.717, 1.165) is 0 Å². The van der Waals surface area contributed by atoms with Gasteiger partial charge in [0.1, 0.15) is 6.04 Å². The van der Waals surface area contributed by atoms with E-state index in [1.807, 2.05) is 0 Å². The van der Waals surface area contributed by atoms with Crippen LogP contribution in [0.25, 0.3) is 0 Å². The topological polar surface area (TPSA) is 49.3 Å². The maximum Gasteiger partial charge on any atom is 0.403 e. The van der Waals surface area contributed by atoms with Crippen molar-refractivity contribution < 1.29 is 23.1 Å². The number of alkyl halides is 3. The second kappa shape index (κ2) is 3.53. The van der Waals surface area contributed by atoms with E-state index in [4.69, 9.17) is 5.11 Å². The average Bonchev–Trinajstić information content (AvgIpc) is 2.03. The quantitative estimate of drug-likeness (QED) is 0.659. The fourth-order valence-corrected chi connectivity index (χ4v) is 1.39. The molecule has 1 saturated heterocycles. The molecular formula is C7H10F3NO2. The number of halogens is 3. The standard InChI is InChI=1S/C7H10F3NO2/c8-7(9,10)5-3-4(6(12)13)1-2-11-5/h4-5,11H,1-3H2,(H,12,13)/t4-,5+/m0/s1. The van der Waals surface area contributed by atoms with E-state index in [-0.39, 0.29) is 19.4 Å². The molecule has 6 heteroatoms. The number of aliphatic carboxylic acids is 1. The highest BCUT2D eigenvalue weighted by molar-refractivity contribution is 5.70. The molecule has 76 valence electrons. The van der Waals surface area contributed by atoms with Crippen molar-refractivity contribution in [1.82, 2.24) is 5.32 Å². The molecule has 0 aromatic carbocycles. The van der Waals surface area contributed by atoms with Crippen molar-refractivity contribution in [3.63, 3.8) is 0 Å². The third-order valence-corrected chi connectivity index (χ3v) is 2.15. The van der Waals surface area contributed by atoms with Crippen LogP contribution >= 0.6 is 0 Å². The van der Waals surface area contributed by atoms with Gasteiger partial charge in [-0.3, -0.25) is 4.79 Å². The van der Waals surface area contributed by atoms with E-state index in [1.165, 1.54) is 0 Å². The van der Waals surface area contributed by atoms with Crippen LogP contribution in [-0.2, 0) is 4.79 Å². The van der Waals surface area contributed by atoms with Gasteiger partial charge in [0, 0.05) is 0 Å². The summed E-state index contributed by atoms with van der Waals surface area (Å²) in [6.45, 7) is 0.112. The number of carbonyl (C=O) groups is 1. The molecule has 1 fully saturated rings. The lowest BCUT2D eigenvalue weighted by Crippen LogP contribution is -2.48. The maximum atomic E-state index is 12.1. The number of carboxylic acids is 1. The predicted molar refractivity (Wildman–Crippen MR) is 38.2 cm³/mol. The van der Waals surface area contributed by atoms with Gasteiger partial charge in [-0.05, 0) is 19.4 Å². The number of piperidine rings is 1. The number of carboxylic acid groups (broad SMARTS) is 1. The minimum Gasteiger partial charge on any atom is -0.481 e. The Morgan fingerprint density at radius 2 is 2.08 bits per heavy atom. The highest BCUT2D eigenvalue weighted by Crippen LogP contribution is 2.28. The molecule has 0 amide bonds. The Labute approximate surface area is 72.9 Å². The first-order chi connectivity index (χ1) is 5.91. The van der Waals surface area contributed by atoms with Crippen molar-refractivity contribution in [2.24, 2.45) is 5.92 Å². The molecule has 0 bridgehead atoms. The normalized spacial score (nSPS) is 30.1. The summed E-state index contributed by atoms with van der Waals surface area (Å²) >= 11 is 0. The third-order valence-electron chi connectivity index (χ3n) is 2.15. The van der Waals surface area contributed by atoms with Gasteiger partial charge >= 0.3 is 12.1 Å². The molecule has 13 heavy (non-hydrogen) atoms. The summed E-state index contributed by atoms with van der Waals surface area (Å²) in [5, 5.41) is 10.8. The molecule has 2 atom stereocenters. The molecule has 0 aromatic heterocycles. The van der Waals surface area contributed by atoms with Crippen LogP contribution in [0.1, 0.15) is 12.8 Å². The van der Waals surface area contributed by atoms with Gasteiger partial charge in [0.25, 0.3) is 0 Å². The molecule has 0 aliphatic carbocycles. The molecule has 1 rings (SSSR count). The summed E-state index contributed by atoms with van der Waals surface area (Å²) in [7, 11) is 0. The predicted octanol–water partition coefficient (Wildman–Crippen LogP) is 1.00. The molecule has 1 heterocycles. The number of hydrogen-bond donors (Lipinski definition) is 2. The Kier molecular flexibility index (Phi) is 2.80. The Morgan fingerprint density at radius 1 is 1.46 bits per heavy atom. The summed E-state index contributed by atoms with van der Waals surface area (Å²) in [6.07, 6.45) is -4.44. The van der Waals surface area contributed by atoms with Gasteiger partial charge in [-0.2, -0.15) is 13.2 Å². The second-order valence-electron chi connectivity index (χ2n) is 3.11. The zero-order valence-corrected chi connectivity index (χ0v) is 6.77. The fraction of sp³-hybridized carbons (Fsp3) is 0.857. The van der Waals surface area contributed by atoms with Crippen molar-refractivity contribution >= 4 is 5.97 Å². The van der Waals surface area contributed by atoms with Gasteiger partial charge in [-0.25, -0.2) is 0 Å². The molecule has 1 aliphatic rings. The minimum atomic E-state index is -4.34. The summed E-state index contributed by atoms with van der Waals surface area (Å²) in [6, 6.07) is -1.66. The number of nitrogens with one attached hydrogen (secondary N) is 1. The molecule has 2 N–H and O–H groups in total. The highest BCUT2D eigenvalue weighted by Gasteiger charge is 2.43. The van der Waals surface area contributed by atoms with E-state index in [2.05, 4.69) is 5.32 Å². The maximum absolute atomic E-state index is 12.1. The van der Waals surface area contributed by atoms with Crippen molar-refractivity contribution in [3.05, 3.63) is 0 Å². The smallest absolute Gasteiger partial charge is 0.403 e. The summed E-state index contributed by atoms with van der Waals surface area (Å²) in [5.74, 6) is -2.01. The summed E-state index contributed by atoms with van der Waals surface area (Å²) < 4.78 is 36.4. The average molecular weight is 197 g/mol. The monoisotopic (exact) mass is 197 g/mol. The van der Waals surface area contributed by atoms with Crippen LogP contribution in [0.2, 0.25) is 0 Å². The van der Waals surface area contributed by atoms with Gasteiger partial charge in [0.2, 0.25) is 0 Å². The molecule has 0 saturated carbocycles. The largest absolute Gasteiger partial charge is 0.481 e. The molecule has 0 spiro atoms. The molecule has 0 radical (unpaired) electrons. The molecular weight excluding hydrogens is 187 g/mol. The Hall–Kier alpha value is -0.780. The zero-order chi connectivity index (χ0) is 10.1. The SMILES string of the molecule is O=C(O)[C@H]1CCN[C@@H](C(F)(F)F)C1. The van der Waals surface area contributed by atoms with Gasteiger partial charge in [-0.15, -0.1) is 0 Å². The van der Waals surface area contributed by atoms with Crippen molar-refractivity contribution in [2.75, 3.05) is 6.54 Å². The zero-order valence-electron chi connectivity index (χ0n) is 6.77. The van der Waals surface area contributed by atoms with Gasteiger partial charge in [-0.1, -0.05) is 0 Å². The first kappa shape index (κ1) is 10.3. The molecule has 0 unspecified atom stereocenters. The van der Waals surface area contributed by atoms with Crippen LogP contribution in [-0.4, -0.2) is 29.8 Å². The Bertz CT molecular complexity index is 204. The Morgan fingerprint density at radius 3 is 2.54 bits per heavy atom. The highest BCUT2D eigenvalue weighted by atomic mass is 19.4. The molecule has 3 nitrogen and oxygen atoms in total. The fourth-order valence-electron chi connectivity index (χ4n) is 1.39. The van der Waals surface area contributed by atoms with Crippen LogP contribution < -0.4 is 5.32 Å². The van der Waals surface area contributed by atoms with E-state index in [1.54, 1.807) is 0 Å². The van der Waals surface area contributed by atoms with Crippen molar-refractivity contribution in [3.8, 4) is 0 Å². The van der Waals surface area contributed by atoms with Crippen molar-refractivity contribution in [2.45, 2.75) is 25.1 Å². The van der Waals surface area contributed by atoms with Gasteiger partial charge in [0.05, 0.1) is 5.92 Å². The van der Waals surface area contributed by atoms with E-state index < -0.39 is 24.1 Å². The first-order valence-corrected chi connectivity index (χ1v) is 3.94.